The van der Waals surface area contributed by atoms with E-state index in [0.717, 1.165) is 15.1 Å². The van der Waals surface area contributed by atoms with E-state index in [1.54, 1.807) is 18.2 Å². The van der Waals surface area contributed by atoms with Gasteiger partial charge in [-0.15, -0.1) is 11.3 Å². The molecule has 0 aliphatic heterocycles. The monoisotopic (exact) mass is 294 g/mol. The quantitative estimate of drug-likeness (QED) is 0.666. The zero-order valence-electron chi connectivity index (χ0n) is 9.85. The molecule has 2 heterocycles. The van der Waals surface area contributed by atoms with E-state index in [4.69, 9.17) is 16.3 Å². The van der Waals surface area contributed by atoms with Crippen molar-refractivity contribution in [2.45, 2.75) is 0 Å². The number of thiophene rings is 1. The number of ether oxygens (including phenoxy) is 1. The summed E-state index contributed by atoms with van der Waals surface area (Å²) in [6, 6.07) is 6.56. The molecule has 1 aromatic carbocycles. The second kappa shape index (κ2) is 4.75. The third kappa shape index (κ3) is 2.15. The molecule has 3 rings (SSSR count). The summed E-state index contributed by atoms with van der Waals surface area (Å²) in [7, 11) is 1.50. The molecule has 0 aliphatic carbocycles. The minimum Gasteiger partial charge on any atom is -0.497 e. The molecular weight excluding hydrogens is 287 g/mol. The lowest BCUT2D eigenvalue weighted by molar-refractivity contribution is 0.411. The third-order valence-electron chi connectivity index (χ3n) is 2.71. The Labute approximate surface area is 117 Å². The van der Waals surface area contributed by atoms with Crippen LogP contribution in [-0.2, 0) is 0 Å². The number of hydrogen-bond acceptors (Lipinski definition) is 4. The topological polar surface area (TPSA) is 35.0 Å². The number of halogens is 2. The van der Waals surface area contributed by atoms with Gasteiger partial charge in [-0.05, 0) is 18.2 Å². The van der Waals surface area contributed by atoms with Crippen molar-refractivity contribution in [3.63, 3.8) is 0 Å². The molecule has 6 heteroatoms. The summed E-state index contributed by atoms with van der Waals surface area (Å²) in [5.41, 5.74) is 1.22. The number of aromatic nitrogens is 2. The highest BCUT2D eigenvalue weighted by Crippen LogP contribution is 2.37. The second-order valence-electron chi connectivity index (χ2n) is 3.84. The van der Waals surface area contributed by atoms with Crippen molar-refractivity contribution in [3.05, 3.63) is 41.6 Å². The summed E-state index contributed by atoms with van der Waals surface area (Å²) in [4.78, 5) is 8.80. The maximum atomic E-state index is 14.0. The first-order valence-electron chi connectivity index (χ1n) is 5.43. The Morgan fingerprint density at radius 3 is 2.79 bits per heavy atom. The fraction of sp³-hybridized carbons (Fsp3) is 0.0769. The molecule has 0 unspecified atom stereocenters. The number of rotatable bonds is 2. The van der Waals surface area contributed by atoms with E-state index < -0.39 is 0 Å². The molecule has 2 aromatic heterocycles. The highest BCUT2D eigenvalue weighted by atomic mass is 35.5. The SMILES string of the molecule is COc1ccc(-c2cc3ncnc(Cl)c3s2)c(F)c1. The van der Waals surface area contributed by atoms with Crippen LogP contribution >= 0.6 is 22.9 Å². The van der Waals surface area contributed by atoms with Crippen LogP contribution in [0.5, 0.6) is 5.75 Å². The third-order valence-corrected chi connectivity index (χ3v) is 4.27. The van der Waals surface area contributed by atoms with E-state index in [9.17, 15) is 4.39 Å². The van der Waals surface area contributed by atoms with Crippen molar-refractivity contribution in [1.29, 1.82) is 0 Å². The summed E-state index contributed by atoms with van der Waals surface area (Å²) in [6.45, 7) is 0. The van der Waals surface area contributed by atoms with E-state index in [0.29, 0.717) is 16.5 Å². The van der Waals surface area contributed by atoms with E-state index in [2.05, 4.69) is 9.97 Å². The van der Waals surface area contributed by atoms with Gasteiger partial charge in [0.2, 0.25) is 0 Å². The number of nitrogens with zero attached hydrogens (tertiary/aromatic N) is 2. The fourth-order valence-corrected chi connectivity index (χ4v) is 3.06. The zero-order valence-corrected chi connectivity index (χ0v) is 11.4. The molecule has 0 fully saturated rings. The highest BCUT2D eigenvalue weighted by molar-refractivity contribution is 7.22. The van der Waals surface area contributed by atoms with Gasteiger partial charge < -0.3 is 4.74 Å². The first-order chi connectivity index (χ1) is 9.19. The molecule has 0 amide bonds. The molecule has 96 valence electrons. The highest BCUT2D eigenvalue weighted by Gasteiger charge is 2.12. The molecular formula is C13H8ClFN2OS. The molecule has 0 aliphatic rings. The van der Waals surface area contributed by atoms with Crippen LogP contribution in [0.2, 0.25) is 5.15 Å². The fourth-order valence-electron chi connectivity index (χ4n) is 1.78. The first-order valence-corrected chi connectivity index (χ1v) is 6.62. The van der Waals surface area contributed by atoms with Gasteiger partial charge >= 0.3 is 0 Å². The van der Waals surface area contributed by atoms with Crippen LogP contribution in [0.3, 0.4) is 0 Å². The summed E-state index contributed by atoms with van der Waals surface area (Å²) >= 11 is 7.36. The van der Waals surface area contributed by atoms with Crippen molar-refractivity contribution in [2.24, 2.45) is 0 Å². The van der Waals surface area contributed by atoms with Crippen LogP contribution in [0.1, 0.15) is 0 Å². The molecule has 0 atom stereocenters. The number of hydrogen-bond donors (Lipinski definition) is 0. The van der Waals surface area contributed by atoms with E-state index in [-0.39, 0.29) is 5.82 Å². The van der Waals surface area contributed by atoms with Crippen molar-refractivity contribution in [1.82, 2.24) is 9.97 Å². The molecule has 19 heavy (non-hydrogen) atoms. The van der Waals surface area contributed by atoms with Gasteiger partial charge in [-0.3, -0.25) is 0 Å². The normalized spacial score (nSPS) is 10.9. The Kier molecular flexibility index (Phi) is 3.08. The van der Waals surface area contributed by atoms with Crippen molar-refractivity contribution in [3.8, 4) is 16.2 Å². The van der Waals surface area contributed by atoms with Crippen LogP contribution in [0.25, 0.3) is 20.7 Å². The van der Waals surface area contributed by atoms with Crippen LogP contribution in [0, 0.1) is 5.82 Å². The summed E-state index contributed by atoms with van der Waals surface area (Å²) < 4.78 is 19.8. The summed E-state index contributed by atoms with van der Waals surface area (Å²) in [5.74, 6) is 0.148. The zero-order chi connectivity index (χ0) is 13.4. The molecule has 0 N–H and O–H groups in total. The minimum atomic E-state index is -0.338. The molecule has 0 saturated heterocycles. The molecule has 0 spiro atoms. The lowest BCUT2D eigenvalue weighted by atomic mass is 10.1. The molecule has 0 radical (unpaired) electrons. The lowest BCUT2D eigenvalue weighted by Crippen LogP contribution is -1.86. The second-order valence-corrected chi connectivity index (χ2v) is 5.25. The Balaban J connectivity index is 2.16. The van der Waals surface area contributed by atoms with Gasteiger partial charge in [-0.25, -0.2) is 14.4 Å². The Bertz CT molecular complexity index is 759. The van der Waals surface area contributed by atoms with Crippen molar-refractivity contribution < 1.29 is 9.13 Å². The van der Waals surface area contributed by atoms with E-state index >= 15 is 0 Å². The summed E-state index contributed by atoms with van der Waals surface area (Å²) in [5, 5.41) is 0.384. The average Bonchev–Trinajstić information content (AvgIpc) is 2.83. The minimum absolute atomic E-state index is 0.338. The maximum Gasteiger partial charge on any atom is 0.150 e. The van der Waals surface area contributed by atoms with Gasteiger partial charge in [-0.1, -0.05) is 11.6 Å². The largest absolute Gasteiger partial charge is 0.497 e. The lowest BCUT2D eigenvalue weighted by Gasteiger charge is -2.03. The Morgan fingerprint density at radius 2 is 2.11 bits per heavy atom. The predicted octanol–water partition coefficient (Wildman–Crippen LogP) is 4.16. The molecule has 0 saturated carbocycles. The van der Waals surface area contributed by atoms with E-state index in [1.807, 2.05) is 0 Å². The van der Waals surface area contributed by atoms with Gasteiger partial charge in [0.15, 0.2) is 0 Å². The Morgan fingerprint density at radius 1 is 1.26 bits per heavy atom. The van der Waals surface area contributed by atoms with Gasteiger partial charge in [-0.2, -0.15) is 0 Å². The van der Waals surface area contributed by atoms with Gasteiger partial charge in [0.25, 0.3) is 0 Å². The summed E-state index contributed by atoms with van der Waals surface area (Å²) in [6.07, 6.45) is 1.39. The smallest absolute Gasteiger partial charge is 0.150 e. The van der Waals surface area contributed by atoms with Crippen LogP contribution in [0.15, 0.2) is 30.6 Å². The predicted molar refractivity (Wildman–Crippen MR) is 74.4 cm³/mol. The number of fused-ring (bicyclic) bond motifs is 1. The molecule has 0 bridgehead atoms. The van der Waals surface area contributed by atoms with Gasteiger partial charge in [0.1, 0.15) is 23.0 Å². The maximum absolute atomic E-state index is 14.0. The van der Waals surface area contributed by atoms with Crippen molar-refractivity contribution >= 4 is 33.2 Å². The van der Waals surface area contributed by atoms with E-state index in [1.165, 1.54) is 30.8 Å². The standard InChI is InChI=1S/C13H8ClFN2OS/c1-18-7-2-3-8(9(15)4-7)11-5-10-12(19-11)13(14)17-6-16-10/h2-6H,1H3. The van der Waals surface area contributed by atoms with Gasteiger partial charge in [0.05, 0.1) is 17.3 Å². The van der Waals surface area contributed by atoms with Crippen LogP contribution in [0.4, 0.5) is 4.39 Å². The average molecular weight is 295 g/mol. The molecule has 3 nitrogen and oxygen atoms in total. The van der Waals surface area contributed by atoms with Gasteiger partial charge in [0, 0.05) is 16.5 Å². The molecule has 3 aromatic rings. The Hall–Kier alpha value is -1.72. The number of methoxy groups -OCH3 is 1. The number of benzene rings is 1. The van der Waals surface area contributed by atoms with Crippen molar-refractivity contribution in [2.75, 3.05) is 7.11 Å². The first kappa shape index (κ1) is 12.3. The van der Waals surface area contributed by atoms with Crippen LogP contribution in [-0.4, -0.2) is 17.1 Å². The van der Waals surface area contributed by atoms with Crippen LogP contribution < -0.4 is 4.74 Å².